The minimum absolute atomic E-state index is 0.306. The van der Waals surface area contributed by atoms with E-state index in [4.69, 9.17) is 0 Å². The van der Waals surface area contributed by atoms with Gasteiger partial charge in [-0.15, -0.1) is 11.3 Å². The molecule has 19 heavy (non-hydrogen) atoms. The van der Waals surface area contributed by atoms with Crippen LogP contribution in [0.4, 0.5) is 0 Å². The van der Waals surface area contributed by atoms with Gasteiger partial charge in [-0.1, -0.05) is 0 Å². The van der Waals surface area contributed by atoms with Gasteiger partial charge in [-0.25, -0.2) is 4.52 Å². The van der Waals surface area contributed by atoms with E-state index in [2.05, 4.69) is 17.1 Å². The standard InChI is InChI=1S/C12H12N4OS2/c1-8-2-13-16-5-11(18-12(8)16)9-3-14-15(4-9)10-6-19(17)7-10/h2-5,10H,6-7H2,1H3. The van der Waals surface area contributed by atoms with Gasteiger partial charge in [0.25, 0.3) is 0 Å². The second-order valence-corrected chi connectivity index (χ2v) is 7.39. The van der Waals surface area contributed by atoms with E-state index in [1.165, 1.54) is 10.4 Å². The molecular formula is C12H12N4OS2. The zero-order valence-corrected chi connectivity index (χ0v) is 11.9. The number of fused-ring (bicyclic) bond motifs is 1. The van der Waals surface area contributed by atoms with Crippen molar-refractivity contribution in [3.63, 3.8) is 0 Å². The van der Waals surface area contributed by atoms with Crippen LogP contribution in [0.2, 0.25) is 0 Å². The molecule has 4 heterocycles. The Kier molecular flexibility index (Phi) is 2.40. The summed E-state index contributed by atoms with van der Waals surface area (Å²) < 4.78 is 15.0. The third kappa shape index (κ3) is 1.76. The number of nitrogens with zero attached hydrogens (tertiary/aromatic N) is 4. The number of thiazole rings is 1. The Balaban J connectivity index is 1.69. The molecule has 3 aromatic heterocycles. The van der Waals surface area contributed by atoms with Crippen molar-refractivity contribution in [3.05, 3.63) is 30.4 Å². The molecule has 3 aromatic rings. The Morgan fingerprint density at radius 2 is 2.16 bits per heavy atom. The third-order valence-corrected chi connectivity index (χ3v) is 6.16. The maximum Gasteiger partial charge on any atom is 0.122 e. The van der Waals surface area contributed by atoms with Crippen LogP contribution in [0.25, 0.3) is 15.3 Å². The zero-order valence-electron chi connectivity index (χ0n) is 10.3. The summed E-state index contributed by atoms with van der Waals surface area (Å²) in [7, 11) is -0.639. The van der Waals surface area contributed by atoms with Crippen LogP contribution in [0, 0.1) is 6.92 Å². The lowest BCUT2D eigenvalue weighted by atomic mass is 10.3. The highest BCUT2D eigenvalue weighted by Gasteiger charge is 2.27. The van der Waals surface area contributed by atoms with Crippen molar-refractivity contribution in [1.29, 1.82) is 0 Å². The average molecular weight is 292 g/mol. The fraction of sp³-hybridized carbons (Fsp3) is 0.333. The largest absolute Gasteiger partial charge is 0.267 e. The molecule has 0 aromatic carbocycles. The van der Waals surface area contributed by atoms with Crippen molar-refractivity contribution in [2.75, 3.05) is 11.5 Å². The molecule has 98 valence electrons. The molecule has 0 unspecified atom stereocenters. The van der Waals surface area contributed by atoms with Crippen molar-refractivity contribution >= 4 is 27.0 Å². The molecule has 7 heteroatoms. The molecule has 0 saturated carbocycles. The topological polar surface area (TPSA) is 52.2 Å². The highest BCUT2D eigenvalue weighted by Crippen LogP contribution is 2.31. The predicted octanol–water partition coefficient (Wildman–Crippen LogP) is 1.87. The van der Waals surface area contributed by atoms with Crippen LogP contribution in [0.5, 0.6) is 0 Å². The molecule has 4 rings (SSSR count). The van der Waals surface area contributed by atoms with E-state index in [9.17, 15) is 4.21 Å². The first-order valence-corrected chi connectivity index (χ1v) is 8.34. The smallest absolute Gasteiger partial charge is 0.122 e. The molecule has 0 atom stereocenters. The van der Waals surface area contributed by atoms with Crippen molar-refractivity contribution in [3.8, 4) is 10.4 Å². The van der Waals surface area contributed by atoms with Gasteiger partial charge in [0.1, 0.15) is 4.83 Å². The summed E-state index contributed by atoms with van der Waals surface area (Å²) in [6.07, 6.45) is 7.83. The Morgan fingerprint density at radius 1 is 1.32 bits per heavy atom. The van der Waals surface area contributed by atoms with Crippen LogP contribution in [0.15, 0.2) is 24.8 Å². The number of hydrogen-bond donors (Lipinski definition) is 0. The van der Waals surface area contributed by atoms with Crippen LogP contribution >= 0.6 is 11.3 Å². The summed E-state index contributed by atoms with van der Waals surface area (Å²) in [5.74, 6) is 1.46. The van der Waals surface area contributed by atoms with Gasteiger partial charge in [-0.2, -0.15) is 10.2 Å². The second kappa shape index (κ2) is 4.01. The molecule has 1 aliphatic heterocycles. The number of aromatic nitrogens is 4. The fourth-order valence-corrected chi connectivity index (χ4v) is 4.29. The molecule has 0 N–H and O–H groups in total. The van der Waals surface area contributed by atoms with Crippen molar-refractivity contribution in [1.82, 2.24) is 19.4 Å². The van der Waals surface area contributed by atoms with Gasteiger partial charge in [-0.05, 0) is 6.92 Å². The molecule has 1 saturated heterocycles. The first-order chi connectivity index (χ1) is 9.20. The molecule has 1 aliphatic rings. The Labute approximate surface area is 116 Å². The quantitative estimate of drug-likeness (QED) is 0.724. The lowest BCUT2D eigenvalue weighted by Gasteiger charge is -2.24. The average Bonchev–Trinajstić information content (AvgIpc) is 3.02. The van der Waals surface area contributed by atoms with Gasteiger partial charge in [-0.3, -0.25) is 8.89 Å². The molecule has 5 nitrogen and oxygen atoms in total. The molecule has 0 spiro atoms. The van der Waals surface area contributed by atoms with E-state index in [0.29, 0.717) is 6.04 Å². The maximum atomic E-state index is 11.1. The van der Waals surface area contributed by atoms with Crippen LogP contribution in [0.3, 0.4) is 0 Å². The van der Waals surface area contributed by atoms with E-state index in [1.54, 1.807) is 11.3 Å². The number of rotatable bonds is 2. The van der Waals surface area contributed by atoms with E-state index in [1.807, 2.05) is 34.0 Å². The van der Waals surface area contributed by atoms with E-state index < -0.39 is 10.8 Å². The lowest BCUT2D eigenvalue weighted by Crippen LogP contribution is -2.33. The second-order valence-electron chi connectivity index (χ2n) is 4.81. The molecular weight excluding hydrogens is 280 g/mol. The number of hydrogen-bond acceptors (Lipinski definition) is 4. The highest BCUT2D eigenvalue weighted by molar-refractivity contribution is 7.86. The molecule has 0 aliphatic carbocycles. The zero-order chi connectivity index (χ0) is 13.0. The molecule has 1 fully saturated rings. The Bertz CT molecular complexity index is 777. The van der Waals surface area contributed by atoms with Crippen LogP contribution in [-0.2, 0) is 10.8 Å². The molecule has 0 bridgehead atoms. The van der Waals surface area contributed by atoms with E-state index in [-0.39, 0.29) is 0 Å². The van der Waals surface area contributed by atoms with Gasteiger partial charge in [0.2, 0.25) is 0 Å². The van der Waals surface area contributed by atoms with Gasteiger partial charge < -0.3 is 0 Å². The Hall–Kier alpha value is -1.47. The van der Waals surface area contributed by atoms with E-state index >= 15 is 0 Å². The summed E-state index contributed by atoms with van der Waals surface area (Å²) in [5, 5.41) is 8.69. The lowest BCUT2D eigenvalue weighted by molar-refractivity contribution is 0.506. The van der Waals surface area contributed by atoms with Gasteiger partial charge >= 0.3 is 0 Å². The Morgan fingerprint density at radius 3 is 2.89 bits per heavy atom. The van der Waals surface area contributed by atoms with Crippen molar-refractivity contribution in [2.45, 2.75) is 13.0 Å². The molecule has 0 amide bonds. The van der Waals surface area contributed by atoms with Crippen LogP contribution < -0.4 is 0 Å². The van der Waals surface area contributed by atoms with Gasteiger partial charge in [0, 0.05) is 45.8 Å². The monoisotopic (exact) mass is 292 g/mol. The van der Waals surface area contributed by atoms with Crippen LogP contribution in [0.1, 0.15) is 11.6 Å². The fourth-order valence-electron chi connectivity index (χ4n) is 2.23. The minimum atomic E-state index is -0.639. The van der Waals surface area contributed by atoms with Crippen LogP contribution in [-0.4, -0.2) is 35.1 Å². The summed E-state index contributed by atoms with van der Waals surface area (Å²) in [6, 6.07) is 0.306. The van der Waals surface area contributed by atoms with Gasteiger partial charge in [0.15, 0.2) is 0 Å². The highest BCUT2D eigenvalue weighted by atomic mass is 32.2. The number of aryl methyl sites for hydroxylation is 1. The minimum Gasteiger partial charge on any atom is -0.267 e. The van der Waals surface area contributed by atoms with Crippen molar-refractivity contribution < 1.29 is 4.21 Å². The predicted molar refractivity (Wildman–Crippen MR) is 75.9 cm³/mol. The van der Waals surface area contributed by atoms with E-state index in [0.717, 1.165) is 21.9 Å². The van der Waals surface area contributed by atoms with Crippen molar-refractivity contribution in [2.24, 2.45) is 0 Å². The summed E-state index contributed by atoms with van der Waals surface area (Å²) in [4.78, 5) is 2.34. The first kappa shape index (κ1) is 11.4. The SMILES string of the molecule is Cc1cnn2cc(-c3cnn(C4CS(=O)C4)c3)sc12. The summed E-state index contributed by atoms with van der Waals surface area (Å²) in [5.41, 5.74) is 2.30. The third-order valence-electron chi connectivity index (χ3n) is 3.38. The summed E-state index contributed by atoms with van der Waals surface area (Å²) >= 11 is 1.72. The summed E-state index contributed by atoms with van der Waals surface area (Å²) in [6.45, 7) is 2.07. The van der Waals surface area contributed by atoms with Gasteiger partial charge in [0.05, 0.1) is 23.3 Å². The normalized spacial score (nSPS) is 22.8. The molecule has 0 radical (unpaired) electrons. The maximum absolute atomic E-state index is 11.1. The first-order valence-electron chi connectivity index (χ1n) is 6.04.